The third kappa shape index (κ3) is 16.2. The Morgan fingerprint density at radius 3 is 1.79 bits per heavy atom. The quantitative estimate of drug-likeness (QED) is 0.0275. The number of anilines is 2. The van der Waals surface area contributed by atoms with Crippen molar-refractivity contribution in [2.45, 2.75) is 108 Å². The molecule has 2 heterocycles. The fraction of sp³-hybridized carbons (Fsp3) is 0.345. The Kier molecular flexibility index (Phi) is 19.0. The fourth-order valence-corrected chi connectivity index (χ4v) is 9.45. The van der Waals surface area contributed by atoms with Crippen molar-refractivity contribution in [1.82, 2.24) is 35.9 Å². The third-order valence-corrected chi connectivity index (χ3v) is 12.9. The molecule has 4 aromatic carbocycles. The highest BCUT2D eigenvalue weighted by molar-refractivity contribution is 8.00. The van der Waals surface area contributed by atoms with Crippen LogP contribution in [0.25, 0.3) is 11.2 Å². The van der Waals surface area contributed by atoms with E-state index in [0.717, 1.165) is 47.2 Å². The zero-order chi connectivity index (χ0) is 56.1. The number of nitrogens with zero attached hydrogens (tertiary/aromatic N) is 4. The second-order valence-electron chi connectivity index (χ2n) is 19.7. The van der Waals surface area contributed by atoms with Crippen molar-refractivity contribution in [1.29, 1.82) is 0 Å². The van der Waals surface area contributed by atoms with Gasteiger partial charge in [-0.15, -0.1) is 11.8 Å². The van der Waals surface area contributed by atoms with Crippen LogP contribution in [-0.2, 0) is 44.7 Å². The molecule has 0 radical (unpaired) electrons. The monoisotopic (exact) mass is 1080 g/mol. The summed E-state index contributed by atoms with van der Waals surface area (Å²) in [5.74, 6) is -5.83. The second-order valence-corrected chi connectivity index (χ2v) is 21.0. The molecule has 6 rings (SSSR count). The third-order valence-electron chi connectivity index (χ3n) is 11.4. The zero-order valence-corrected chi connectivity index (χ0v) is 44.1. The first-order valence-electron chi connectivity index (χ1n) is 24.5. The number of amides is 4. The Hall–Kier alpha value is -8.14. The zero-order valence-electron chi connectivity index (χ0n) is 43.2. The Labute approximate surface area is 446 Å². The number of aromatic amines is 1. The van der Waals surface area contributed by atoms with E-state index in [9.17, 15) is 46.7 Å². The summed E-state index contributed by atoms with van der Waals surface area (Å²) in [7, 11) is 0. The largest absolute Gasteiger partial charge is 0.471 e. The van der Waals surface area contributed by atoms with Crippen molar-refractivity contribution in [2.75, 3.05) is 22.9 Å². The Bertz CT molecular complexity index is 3000. The maximum absolute atomic E-state index is 14.0. The van der Waals surface area contributed by atoms with E-state index in [1.165, 1.54) is 0 Å². The lowest BCUT2D eigenvalue weighted by atomic mass is 9.84. The number of aromatic nitrogens is 4. The van der Waals surface area contributed by atoms with E-state index in [-0.39, 0.29) is 59.9 Å². The molecule has 6 N–H and O–H groups in total. The van der Waals surface area contributed by atoms with Gasteiger partial charge in [0.1, 0.15) is 23.3 Å². The fourth-order valence-electron chi connectivity index (χ4n) is 8.03. The molecule has 18 nitrogen and oxygen atoms in total. The molecule has 0 aliphatic rings. The Morgan fingerprint density at radius 1 is 0.714 bits per heavy atom. The van der Waals surface area contributed by atoms with Gasteiger partial charge in [0.05, 0.1) is 23.2 Å². The van der Waals surface area contributed by atoms with Gasteiger partial charge in [0.2, 0.25) is 17.8 Å². The SMILES string of the molecule is CC(C)(C)OC(=O)CC[C@H](NC(=O)CC[C@H](NC(=O)c1ccc(N(Cc2cnc3nc(N)[nH]c(=O)c3n2)C(=O)C(F)(F)F)cc1)C(=O)OC(C)(C)C)C(=O)NCCSC(c1ccccc1)(c1ccccc1)c1ccccc1. The summed E-state index contributed by atoms with van der Waals surface area (Å²) < 4.78 is 52.1. The number of rotatable bonds is 21. The first-order chi connectivity index (χ1) is 36.3. The number of esters is 2. The first kappa shape index (κ1) is 58.1. The number of ether oxygens (including phenoxy) is 2. The molecule has 4 amide bonds. The predicted molar refractivity (Wildman–Crippen MR) is 284 cm³/mol. The highest BCUT2D eigenvalue weighted by atomic mass is 32.2. The molecule has 0 aliphatic carbocycles. The number of carbonyl (C=O) groups excluding carboxylic acids is 6. The maximum Gasteiger partial charge on any atom is 0.471 e. The van der Waals surface area contributed by atoms with E-state index in [1.807, 2.05) is 54.6 Å². The number of H-pyrrole nitrogens is 1. The topological polar surface area (TPSA) is 258 Å². The normalized spacial score (nSPS) is 12.7. The number of fused-ring (bicyclic) bond motifs is 1. The molecule has 0 fully saturated rings. The van der Waals surface area contributed by atoms with Crippen LogP contribution >= 0.6 is 11.8 Å². The van der Waals surface area contributed by atoms with Crippen LogP contribution in [-0.4, -0.2) is 97.3 Å². The van der Waals surface area contributed by atoms with Crippen molar-refractivity contribution in [3.63, 3.8) is 0 Å². The lowest BCUT2D eigenvalue weighted by Gasteiger charge is -2.35. The summed E-state index contributed by atoms with van der Waals surface area (Å²) in [5.41, 5.74) is 4.74. The standard InChI is InChI=1S/C55H60F3N9O9S/c1-52(2,3)75-43(69)29-27-40(47(71)60-30-31-77-54(35-16-10-7-11-17-35,36-18-12-8-13-19-36)37-20-14-9-15-21-37)63-42(68)28-26-41(49(73)76-53(4,5)6)64-46(70)34-22-24-39(25-23-34)67(50(74)55(56,57)58)33-38-32-61-45-44(62-38)48(72)66-51(59)65-45/h7-25,32,40-41H,26-31,33H2,1-6H3,(H,60,71)(H,63,68)(H,64,70)(H3,59,61,65,66,72)/t40-,41-/m0/s1. The summed E-state index contributed by atoms with van der Waals surface area (Å²) in [4.78, 5) is 107. The highest BCUT2D eigenvalue weighted by Gasteiger charge is 2.43. The van der Waals surface area contributed by atoms with E-state index in [4.69, 9.17) is 15.2 Å². The molecule has 0 bridgehead atoms. The molecule has 0 spiro atoms. The minimum Gasteiger partial charge on any atom is -0.460 e. The Balaban J connectivity index is 1.16. The van der Waals surface area contributed by atoms with Gasteiger partial charge in [0, 0.05) is 36.4 Å². The molecule has 22 heteroatoms. The molecular formula is C55H60F3N9O9S. The van der Waals surface area contributed by atoms with Crippen molar-refractivity contribution in [2.24, 2.45) is 0 Å². The molecule has 6 aromatic rings. The molecule has 0 saturated carbocycles. The summed E-state index contributed by atoms with van der Waals surface area (Å²) in [6.45, 7) is 9.23. The number of nitrogen functional groups attached to an aromatic ring is 1. The van der Waals surface area contributed by atoms with Gasteiger partial charge in [-0.1, -0.05) is 91.0 Å². The number of halogens is 3. The van der Waals surface area contributed by atoms with Gasteiger partial charge in [-0.3, -0.25) is 38.7 Å². The minimum absolute atomic E-state index is 0.141. The first-order valence-corrected chi connectivity index (χ1v) is 25.4. The molecule has 406 valence electrons. The van der Waals surface area contributed by atoms with Crippen molar-refractivity contribution >= 4 is 70.1 Å². The van der Waals surface area contributed by atoms with E-state index < -0.39 is 88.3 Å². The van der Waals surface area contributed by atoms with Crippen molar-refractivity contribution in [3.8, 4) is 0 Å². The van der Waals surface area contributed by atoms with Gasteiger partial charge in [0.15, 0.2) is 11.2 Å². The van der Waals surface area contributed by atoms with Gasteiger partial charge >= 0.3 is 24.0 Å². The van der Waals surface area contributed by atoms with Crippen LogP contribution in [0.15, 0.2) is 126 Å². The van der Waals surface area contributed by atoms with Gasteiger partial charge < -0.3 is 31.2 Å². The summed E-state index contributed by atoms with van der Waals surface area (Å²) in [5, 5.41) is 8.15. The average molecular weight is 1080 g/mol. The second kappa shape index (κ2) is 25.1. The van der Waals surface area contributed by atoms with E-state index in [2.05, 4.69) is 72.3 Å². The van der Waals surface area contributed by atoms with Crippen LogP contribution in [0.3, 0.4) is 0 Å². The van der Waals surface area contributed by atoms with Gasteiger partial charge in [-0.05, 0) is 95.3 Å². The van der Waals surface area contributed by atoms with Crippen LogP contribution in [0.4, 0.5) is 24.8 Å². The van der Waals surface area contributed by atoms with Crippen molar-refractivity contribution in [3.05, 3.63) is 160 Å². The number of carbonyl (C=O) groups is 6. The maximum atomic E-state index is 14.0. The lowest BCUT2D eigenvalue weighted by Crippen LogP contribution is -2.48. The van der Waals surface area contributed by atoms with E-state index >= 15 is 0 Å². The van der Waals surface area contributed by atoms with E-state index in [1.54, 1.807) is 53.3 Å². The van der Waals surface area contributed by atoms with Gasteiger partial charge in [0.25, 0.3) is 11.5 Å². The average Bonchev–Trinajstić information content (AvgIpc) is 3.37. The van der Waals surface area contributed by atoms with E-state index in [0.29, 0.717) is 10.7 Å². The molecular weight excluding hydrogens is 1020 g/mol. The number of nitrogens with two attached hydrogens (primary N) is 1. The van der Waals surface area contributed by atoms with Crippen LogP contribution < -0.4 is 32.1 Å². The number of benzene rings is 4. The Morgan fingerprint density at radius 2 is 1.26 bits per heavy atom. The molecule has 0 aliphatic heterocycles. The van der Waals surface area contributed by atoms with Gasteiger partial charge in [-0.25, -0.2) is 14.8 Å². The molecule has 0 unspecified atom stereocenters. The molecule has 2 aromatic heterocycles. The number of hydrogen-bond donors (Lipinski definition) is 5. The number of thioether (sulfide) groups is 1. The smallest absolute Gasteiger partial charge is 0.460 e. The summed E-state index contributed by atoms with van der Waals surface area (Å²) in [6.07, 6.45) is -5.47. The van der Waals surface area contributed by atoms with Crippen molar-refractivity contribution < 1.29 is 51.4 Å². The van der Waals surface area contributed by atoms with Crippen LogP contribution in [0.5, 0.6) is 0 Å². The predicted octanol–water partition coefficient (Wildman–Crippen LogP) is 7.06. The number of alkyl halides is 3. The molecule has 77 heavy (non-hydrogen) atoms. The van der Waals surface area contributed by atoms with Gasteiger partial charge in [-0.2, -0.15) is 18.2 Å². The minimum atomic E-state index is -5.36. The summed E-state index contributed by atoms with van der Waals surface area (Å²) in [6, 6.07) is 31.7. The lowest BCUT2D eigenvalue weighted by molar-refractivity contribution is -0.170. The van der Waals surface area contributed by atoms with Crippen LogP contribution in [0.2, 0.25) is 0 Å². The van der Waals surface area contributed by atoms with Crippen LogP contribution in [0.1, 0.15) is 100.0 Å². The van der Waals surface area contributed by atoms with Crippen LogP contribution in [0, 0.1) is 0 Å². The summed E-state index contributed by atoms with van der Waals surface area (Å²) >= 11 is 1.62. The number of nitrogens with one attached hydrogen (secondary N) is 4. The highest BCUT2D eigenvalue weighted by Crippen LogP contribution is 2.48. The number of hydrogen-bond acceptors (Lipinski definition) is 14. The molecule has 0 saturated heterocycles. The molecule has 2 atom stereocenters.